The molecule has 0 fully saturated rings. The summed E-state index contributed by atoms with van der Waals surface area (Å²) in [5.74, 6) is 0.540. The van der Waals surface area contributed by atoms with Crippen LogP contribution in [0.3, 0.4) is 0 Å². The lowest BCUT2D eigenvalue weighted by molar-refractivity contribution is -0.118. The van der Waals surface area contributed by atoms with Crippen LogP contribution in [0.2, 0.25) is 0 Å². The molecule has 0 aromatic heterocycles. The van der Waals surface area contributed by atoms with E-state index in [-0.39, 0.29) is 12.5 Å². The number of carbonyl (C=O) groups is 1. The highest BCUT2D eigenvalue weighted by atomic mass is 32.2. The molecule has 0 aliphatic heterocycles. The number of ether oxygens (including phenoxy) is 1. The summed E-state index contributed by atoms with van der Waals surface area (Å²) in [6.45, 7) is 5.56. The highest BCUT2D eigenvalue weighted by molar-refractivity contribution is 7.99. The summed E-state index contributed by atoms with van der Waals surface area (Å²) < 4.78 is 8.59. The standard InChI is InChI=1S/C19H21N3O2S2/c1-3-14-7-5-6-8-17(14)24-13-18(23)21-15-9-11-16(12-10-15)26-22-19(25)20-4-2/h4-12H,2-3,13H2,1H3,(H,21,23)(H2,20,22,25). The summed E-state index contributed by atoms with van der Waals surface area (Å²) in [5.41, 5.74) is 1.79. The lowest BCUT2D eigenvalue weighted by Crippen LogP contribution is -2.26. The first-order valence-corrected chi connectivity index (χ1v) is 9.29. The number of para-hydroxylation sites is 1. The van der Waals surface area contributed by atoms with Crippen molar-refractivity contribution < 1.29 is 9.53 Å². The minimum Gasteiger partial charge on any atom is -0.483 e. The summed E-state index contributed by atoms with van der Waals surface area (Å²) >= 11 is 6.41. The fraction of sp³-hybridized carbons (Fsp3) is 0.158. The van der Waals surface area contributed by atoms with E-state index in [9.17, 15) is 4.79 Å². The molecule has 0 spiro atoms. The number of rotatable bonds is 8. The molecule has 7 heteroatoms. The van der Waals surface area contributed by atoms with Gasteiger partial charge in [0.15, 0.2) is 11.7 Å². The van der Waals surface area contributed by atoms with Gasteiger partial charge in [-0.3, -0.25) is 4.79 Å². The van der Waals surface area contributed by atoms with E-state index in [0.717, 1.165) is 22.6 Å². The number of aryl methyl sites for hydroxylation is 1. The summed E-state index contributed by atoms with van der Waals surface area (Å²) in [7, 11) is 0. The first-order chi connectivity index (χ1) is 12.6. The van der Waals surface area contributed by atoms with Crippen LogP contribution in [-0.4, -0.2) is 17.6 Å². The van der Waals surface area contributed by atoms with Gasteiger partial charge in [0.05, 0.1) is 0 Å². The molecule has 0 heterocycles. The molecule has 0 aliphatic rings. The van der Waals surface area contributed by atoms with Crippen LogP contribution >= 0.6 is 24.2 Å². The Balaban J connectivity index is 1.81. The van der Waals surface area contributed by atoms with Gasteiger partial charge in [0.1, 0.15) is 5.75 Å². The maximum atomic E-state index is 12.1. The van der Waals surface area contributed by atoms with Crippen LogP contribution in [0.1, 0.15) is 12.5 Å². The van der Waals surface area contributed by atoms with Gasteiger partial charge in [-0.1, -0.05) is 31.7 Å². The van der Waals surface area contributed by atoms with Crippen molar-refractivity contribution in [2.45, 2.75) is 18.2 Å². The zero-order chi connectivity index (χ0) is 18.8. The number of carbonyl (C=O) groups excluding carboxylic acids is 1. The Hall–Kier alpha value is -2.51. The van der Waals surface area contributed by atoms with Crippen molar-refractivity contribution in [3.05, 3.63) is 66.9 Å². The van der Waals surface area contributed by atoms with Crippen molar-refractivity contribution in [2.75, 3.05) is 11.9 Å². The number of benzene rings is 2. The first kappa shape index (κ1) is 19.8. The number of hydrogen-bond acceptors (Lipinski definition) is 4. The summed E-state index contributed by atoms with van der Waals surface area (Å²) in [6, 6.07) is 15.1. The summed E-state index contributed by atoms with van der Waals surface area (Å²) in [6.07, 6.45) is 2.37. The molecule has 2 rings (SSSR count). The quantitative estimate of drug-likeness (QED) is 0.472. The van der Waals surface area contributed by atoms with Gasteiger partial charge in [0.25, 0.3) is 5.91 Å². The van der Waals surface area contributed by atoms with Crippen LogP contribution in [0.4, 0.5) is 5.69 Å². The van der Waals surface area contributed by atoms with E-state index in [4.69, 9.17) is 17.0 Å². The van der Waals surface area contributed by atoms with E-state index in [2.05, 4.69) is 28.9 Å². The molecule has 0 radical (unpaired) electrons. The molecule has 0 atom stereocenters. The average molecular weight is 388 g/mol. The molecule has 2 aromatic carbocycles. The fourth-order valence-electron chi connectivity index (χ4n) is 2.11. The number of nitrogens with one attached hydrogen (secondary N) is 3. The monoisotopic (exact) mass is 387 g/mol. The Morgan fingerprint density at radius 2 is 1.96 bits per heavy atom. The van der Waals surface area contributed by atoms with Crippen molar-refractivity contribution in [3.63, 3.8) is 0 Å². The normalized spacial score (nSPS) is 9.88. The van der Waals surface area contributed by atoms with Gasteiger partial charge in [-0.25, -0.2) is 0 Å². The average Bonchev–Trinajstić information content (AvgIpc) is 2.66. The largest absolute Gasteiger partial charge is 0.483 e. The molecule has 0 aliphatic carbocycles. The third-order valence-corrected chi connectivity index (χ3v) is 4.51. The molecule has 26 heavy (non-hydrogen) atoms. The Morgan fingerprint density at radius 3 is 2.65 bits per heavy atom. The van der Waals surface area contributed by atoms with Crippen molar-refractivity contribution in [3.8, 4) is 5.75 Å². The van der Waals surface area contributed by atoms with E-state index in [0.29, 0.717) is 10.8 Å². The van der Waals surface area contributed by atoms with Crippen LogP contribution in [0.5, 0.6) is 5.75 Å². The summed E-state index contributed by atoms with van der Waals surface area (Å²) in [4.78, 5) is 13.0. The maximum Gasteiger partial charge on any atom is 0.262 e. The fourth-order valence-corrected chi connectivity index (χ4v) is 2.86. The molecule has 0 saturated heterocycles. The van der Waals surface area contributed by atoms with E-state index in [1.807, 2.05) is 48.5 Å². The van der Waals surface area contributed by atoms with Crippen LogP contribution in [0, 0.1) is 0 Å². The molecule has 5 nitrogen and oxygen atoms in total. The molecule has 0 unspecified atom stereocenters. The van der Waals surface area contributed by atoms with Crippen molar-refractivity contribution in [1.29, 1.82) is 0 Å². The zero-order valence-electron chi connectivity index (χ0n) is 14.5. The van der Waals surface area contributed by atoms with E-state index in [1.165, 1.54) is 18.1 Å². The highest BCUT2D eigenvalue weighted by Gasteiger charge is 2.06. The first-order valence-electron chi connectivity index (χ1n) is 8.07. The van der Waals surface area contributed by atoms with E-state index < -0.39 is 0 Å². The van der Waals surface area contributed by atoms with E-state index >= 15 is 0 Å². The van der Waals surface area contributed by atoms with Gasteiger partial charge in [-0.15, -0.1) is 0 Å². The molecule has 1 amide bonds. The predicted octanol–water partition coefficient (Wildman–Crippen LogP) is 3.88. The van der Waals surface area contributed by atoms with Crippen LogP contribution in [0.15, 0.2) is 66.2 Å². The topological polar surface area (TPSA) is 62.4 Å². The van der Waals surface area contributed by atoms with Gasteiger partial charge in [-0.2, -0.15) is 0 Å². The lowest BCUT2D eigenvalue weighted by Gasteiger charge is -2.11. The third kappa shape index (κ3) is 6.42. The van der Waals surface area contributed by atoms with Crippen molar-refractivity contribution in [1.82, 2.24) is 10.0 Å². The van der Waals surface area contributed by atoms with Gasteiger partial charge in [0.2, 0.25) is 0 Å². The number of thiocarbonyl (C=S) groups is 1. The lowest BCUT2D eigenvalue weighted by atomic mass is 10.1. The summed E-state index contributed by atoms with van der Waals surface area (Å²) in [5, 5.41) is 6.08. The molecule has 136 valence electrons. The second kappa shape index (κ2) is 10.5. The molecular formula is C19H21N3O2S2. The maximum absolute atomic E-state index is 12.1. The third-order valence-electron chi connectivity index (χ3n) is 3.35. The van der Waals surface area contributed by atoms with Crippen LogP contribution in [-0.2, 0) is 11.2 Å². The van der Waals surface area contributed by atoms with Gasteiger partial charge < -0.3 is 20.1 Å². The Kier molecular flexibility index (Phi) is 7.98. The second-order valence-electron chi connectivity index (χ2n) is 5.20. The van der Waals surface area contributed by atoms with Crippen molar-refractivity contribution in [2.24, 2.45) is 0 Å². The molecule has 3 N–H and O–H groups in total. The molecule has 0 bridgehead atoms. The molecule has 0 saturated carbocycles. The van der Waals surface area contributed by atoms with Gasteiger partial charge in [0, 0.05) is 10.6 Å². The molecule has 2 aromatic rings. The molecular weight excluding hydrogens is 366 g/mol. The number of amides is 1. The second-order valence-corrected chi connectivity index (χ2v) is 6.49. The van der Waals surface area contributed by atoms with E-state index in [1.54, 1.807) is 0 Å². The van der Waals surface area contributed by atoms with Crippen LogP contribution in [0.25, 0.3) is 0 Å². The zero-order valence-corrected chi connectivity index (χ0v) is 16.1. The number of anilines is 1. The Labute approximate surface area is 163 Å². The van der Waals surface area contributed by atoms with Gasteiger partial charge in [-0.05, 0) is 72.7 Å². The number of hydrogen-bond donors (Lipinski definition) is 3. The van der Waals surface area contributed by atoms with Gasteiger partial charge >= 0.3 is 0 Å². The smallest absolute Gasteiger partial charge is 0.262 e. The van der Waals surface area contributed by atoms with Crippen LogP contribution < -0.4 is 20.1 Å². The minimum atomic E-state index is -0.203. The SMILES string of the molecule is C=CNC(=S)NSc1ccc(NC(=O)COc2ccccc2CC)cc1. The Morgan fingerprint density at radius 1 is 1.23 bits per heavy atom. The highest BCUT2D eigenvalue weighted by Crippen LogP contribution is 2.19. The van der Waals surface area contributed by atoms with Crippen molar-refractivity contribution >= 4 is 40.9 Å². The minimum absolute atomic E-state index is 0.0312. The Bertz CT molecular complexity index is 764. The predicted molar refractivity (Wildman–Crippen MR) is 111 cm³/mol.